The van der Waals surface area contributed by atoms with Crippen molar-refractivity contribution in [2.45, 2.75) is 44.7 Å². The van der Waals surface area contributed by atoms with E-state index in [1.807, 2.05) is 24.3 Å². The molecule has 0 spiro atoms. The third-order valence-electron chi connectivity index (χ3n) is 5.26. The van der Waals surface area contributed by atoms with Crippen molar-refractivity contribution < 1.29 is 4.74 Å². The number of likely N-dealkylation sites (tertiary alicyclic amines) is 2. The lowest BCUT2D eigenvalue weighted by Crippen LogP contribution is -2.44. The second-order valence-electron chi connectivity index (χ2n) is 6.87. The number of ether oxygens (including phenoxy) is 1. The molecule has 0 aliphatic carbocycles. The fraction of sp³-hybridized carbons (Fsp3) is 0.684. The fourth-order valence-corrected chi connectivity index (χ4v) is 3.81. The summed E-state index contributed by atoms with van der Waals surface area (Å²) < 4.78 is 5.82. The van der Waals surface area contributed by atoms with Crippen molar-refractivity contribution in [1.82, 2.24) is 9.80 Å². The summed E-state index contributed by atoms with van der Waals surface area (Å²) in [6.07, 6.45) is 6.61. The van der Waals surface area contributed by atoms with Crippen LogP contribution < -0.4 is 10.5 Å². The van der Waals surface area contributed by atoms with E-state index in [0.29, 0.717) is 6.54 Å². The Hall–Kier alpha value is -1.10. The van der Waals surface area contributed by atoms with Gasteiger partial charge in [0.15, 0.2) is 0 Å². The van der Waals surface area contributed by atoms with E-state index in [4.69, 9.17) is 10.5 Å². The van der Waals surface area contributed by atoms with Gasteiger partial charge in [0, 0.05) is 19.1 Å². The van der Waals surface area contributed by atoms with Crippen LogP contribution in [0, 0.1) is 0 Å². The maximum atomic E-state index is 5.82. The third kappa shape index (κ3) is 4.93. The minimum absolute atomic E-state index is 0.591. The average Bonchev–Trinajstić information content (AvgIpc) is 3.14. The summed E-state index contributed by atoms with van der Waals surface area (Å²) in [5, 5.41) is 0. The maximum Gasteiger partial charge on any atom is 0.119 e. The first kappa shape index (κ1) is 16.7. The molecule has 1 aromatic rings. The predicted molar refractivity (Wildman–Crippen MR) is 94.7 cm³/mol. The molecule has 0 atom stereocenters. The molecule has 2 aliphatic rings. The molecule has 4 nitrogen and oxygen atoms in total. The first-order chi connectivity index (χ1) is 11.3. The van der Waals surface area contributed by atoms with Gasteiger partial charge in [-0.15, -0.1) is 0 Å². The molecule has 0 aromatic heterocycles. The van der Waals surface area contributed by atoms with Crippen molar-refractivity contribution in [3.63, 3.8) is 0 Å². The Labute approximate surface area is 140 Å². The fourth-order valence-electron chi connectivity index (χ4n) is 3.81. The van der Waals surface area contributed by atoms with Crippen LogP contribution in [0.4, 0.5) is 0 Å². The van der Waals surface area contributed by atoms with E-state index in [2.05, 4.69) is 9.80 Å². The number of nitrogens with zero attached hydrogens (tertiary/aromatic N) is 2. The summed E-state index contributed by atoms with van der Waals surface area (Å²) in [5.74, 6) is 0.954. The Bertz CT molecular complexity index is 448. The molecule has 0 amide bonds. The zero-order valence-corrected chi connectivity index (χ0v) is 14.3. The first-order valence-electron chi connectivity index (χ1n) is 9.23. The standard InChI is InChI=1S/C19H31N3O/c20-16-17-4-6-19(7-5-17)23-15-3-10-21-13-8-18(9-14-21)22-11-1-2-12-22/h4-7,18H,1-3,8-16,20H2. The largest absolute Gasteiger partial charge is 0.494 e. The summed E-state index contributed by atoms with van der Waals surface area (Å²) in [4.78, 5) is 5.32. The number of piperidine rings is 1. The highest BCUT2D eigenvalue weighted by Crippen LogP contribution is 2.21. The van der Waals surface area contributed by atoms with E-state index in [1.165, 1.54) is 51.9 Å². The summed E-state index contributed by atoms with van der Waals surface area (Å²) in [6, 6.07) is 8.97. The second kappa shape index (κ2) is 8.67. The Balaban J connectivity index is 1.29. The van der Waals surface area contributed by atoms with Gasteiger partial charge in [-0.05, 0) is 76.0 Å². The lowest BCUT2D eigenvalue weighted by atomic mass is 10.0. The van der Waals surface area contributed by atoms with Crippen molar-refractivity contribution in [1.29, 1.82) is 0 Å². The van der Waals surface area contributed by atoms with Crippen LogP contribution in [0.15, 0.2) is 24.3 Å². The van der Waals surface area contributed by atoms with Gasteiger partial charge in [-0.25, -0.2) is 0 Å². The van der Waals surface area contributed by atoms with Crippen LogP contribution in [-0.4, -0.2) is 55.2 Å². The van der Waals surface area contributed by atoms with Gasteiger partial charge in [-0.1, -0.05) is 12.1 Å². The van der Waals surface area contributed by atoms with E-state index >= 15 is 0 Å². The number of hydrogen-bond acceptors (Lipinski definition) is 4. The van der Waals surface area contributed by atoms with E-state index < -0.39 is 0 Å². The Morgan fingerprint density at radius 2 is 1.70 bits per heavy atom. The average molecular weight is 317 g/mol. The van der Waals surface area contributed by atoms with Crippen LogP contribution in [0.1, 0.15) is 37.7 Å². The number of nitrogens with two attached hydrogens (primary N) is 1. The molecule has 128 valence electrons. The van der Waals surface area contributed by atoms with Crippen LogP contribution in [0.5, 0.6) is 5.75 Å². The summed E-state index contributed by atoms with van der Waals surface area (Å²) in [6.45, 7) is 7.73. The highest BCUT2D eigenvalue weighted by molar-refractivity contribution is 5.26. The quantitative estimate of drug-likeness (QED) is 0.785. The third-order valence-corrected chi connectivity index (χ3v) is 5.26. The zero-order valence-electron chi connectivity index (χ0n) is 14.3. The second-order valence-corrected chi connectivity index (χ2v) is 6.87. The molecule has 2 N–H and O–H groups in total. The molecule has 0 unspecified atom stereocenters. The van der Waals surface area contributed by atoms with Gasteiger partial charge in [0.05, 0.1) is 6.61 Å². The number of hydrogen-bond donors (Lipinski definition) is 1. The maximum absolute atomic E-state index is 5.82. The zero-order chi connectivity index (χ0) is 15.9. The highest BCUT2D eigenvalue weighted by Gasteiger charge is 2.25. The van der Waals surface area contributed by atoms with Gasteiger partial charge >= 0.3 is 0 Å². The molecule has 3 rings (SSSR count). The molecule has 0 saturated carbocycles. The molecule has 0 radical (unpaired) electrons. The van der Waals surface area contributed by atoms with Crippen LogP contribution in [0.25, 0.3) is 0 Å². The minimum Gasteiger partial charge on any atom is -0.494 e. The number of rotatable bonds is 7. The lowest BCUT2D eigenvalue weighted by Gasteiger charge is -2.36. The molecular formula is C19H31N3O. The molecule has 2 aliphatic heterocycles. The van der Waals surface area contributed by atoms with Gasteiger partial charge in [0.1, 0.15) is 5.75 Å². The smallest absolute Gasteiger partial charge is 0.119 e. The van der Waals surface area contributed by atoms with Gasteiger partial charge in [-0.2, -0.15) is 0 Å². The van der Waals surface area contributed by atoms with Crippen molar-refractivity contribution in [2.24, 2.45) is 5.73 Å². The molecule has 23 heavy (non-hydrogen) atoms. The monoisotopic (exact) mass is 317 g/mol. The SMILES string of the molecule is NCc1ccc(OCCCN2CCC(N3CCCC3)CC2)cc1. The molecule has 1 aromatic carbocycles. The molecule has 2 fully saturated rings. The summed E-state index contributed by atoms with van der Waals surface area (Å²) in [5.41, 5.74) is 6.76. The Kier molecular flexibility index (Phi) is 6.31. The van der Waals surface area contributed by atoms with Crippen molar-refractivity contribution >= 4 is 0 Å². The van der Waals surface area contributed by atoms with E-state index in [9.17, 15) is 0 Å². The van der Waals surface area contributed by atoms with E-state index in [-0.39, 0.29) is 0 Å². The summed E-state index contributed by atoms with van der Waals surface area (Å²) in [7, 11) is 0. The van der Waals surface area contributed by atoms with E-state index in [1.54, 1.807) is 0 Å². The molecule has 2 saturated heterocycles. The van der Waals surface area contributed by atoms with Gasteiger partial charge in [-0.3, -0.25) is 0 Å². The van der Waals surface area contributed by atoms with Crippen LogP contribution in [0.2, 0.25) is 0 Å². The van der Waals surface area contributed by atoms with Crippen LogP contribution in [-0.2, 0) is 6.54 Å². The van der Waals surface area contributed by atoms with Crippen LogP contribution >= 0.6 is 0 Å². The summed E-state index contributed by atoms with van der Waals surface area (Å²) >= 11 is 0. The Morgan fingerprint density at radius 1 is 1.00 bits per heavy atom. The lowest BCUT2D eigenvalue weighted by molar-refractivity contribution is 0.122. The normalized spacial score (nSPS) is 20.9. The molecule has 2 heterocycles. The topological polar surface area (TPSA) is 41.7 Å². The molecule has 0 bridgehead atoms. The van der Waals surface area contributed by atoms with Gasteiger partial charge in [0.25, 0.3) is 0 Å². The molecular weight excluding hydrogens is 286 g/mol. The first-order valence-corrected chi connectivity index (χ1v) is 9.23. The number of benzene rings is 1. The van der Waals surface area contributed by atoms with E-state index in [0.717, 1.165) is 36.9 Å². The highest BCUT2D eigenvalue weighted by atomic mass is 16.5. The van der Waals surface area contributed by atoms with Crippen molar-refractivity contribution in [3.8, 4) is 5.75 Å². The van der Waals surface area contributed by atoms with Crippen molar-refractivity contribution in [2.75, 3.05) is 39.3 Å². The molecule has 4 heteroatoms. The van der Waals surface area contributed by atoms with Crippen LogP contribution in [0.3, 0.4) is 0 Å². The van der Waals surface area contributed by atoms with Gasteiger partial charge < -0.3 is 20.3 Å². The van der Waals surface area contributed by atoms with Crippen molar-refractivity contribution in [3.05, 3.63) is 29.8 Å². The minimum atomic E-state index is 0.591. The predicted octanol–water partition coefficient (Wildman–Crippen LogP) is 2.47. The Morgan fingerprint density at radius 3 is 2.35 bits per heavy atom. The van der Waals surface area contributed by atoms with Gasteiger partial charge in [0.2, 0.25) is 0 Å².